The Kier molecular flexibility index (Phi) is 4.53. The number of rotatable bonds is 5. The van der Waals surface area contributed by atoms with Crippen molar-refractivity contribution in [3.63, 3.8) is 0 Å². The van der Waals surface area contributed by atoms with Crippen molar-refractivity contribution in [2.75, 3.05) is 17.9 Å². The van der Waals surface area contributed by atoms with Crippen molar-refractivity contribution in [3.8, 4) is 17.0 Å². The lowest BCUT2D eigenvalue weighted by atomic mass is 10.1. The smallest absolute Gasteiger partial charge is 0.150 e. The molecule has 0 amide bonds. The van der Waals surface area contributed by atoms with Crippen molar-refractivity contribution >= 4 is 17.2 Å². The Morgan fingerprint density at radius 2 is 1.92 bits per heavy atom. The van der Waals surface area contributed by atoms with Crippen LogP contribution in [-0.2, 0) is 0 Å². The van der Waals surface area contributed by atoms with Crippen LogP contribution < -0.4 is 15.5 Å². The largest absolute Gasteiger partial charge is 0.496 e. The first-order valence-electron chi connectivity index (χ1n) is 7.13. The molecule has 0 aliphatic carbocycles. The maximum absolute atomic E-state index is 13.7. The fourth-order valence-corrected chi connectivity index (χ4v) is 2.26. The van der Waals surface area contributed by atoms with Gasteiger partial charge in [-0.2, -0.15) is 0 Å². The Balaban J connectivity index is 1.89. The molecule has 6 nitrogen and oxygen atoms in total. The molecule has 1 heterocycles. The zero-order valence-electron chi connectivity index (χ0n) is 12.8. The number of hydrogen-bond acceptors (Lipinski definition) is 6. The summed E-state index contributed by atoms with van der Waals surface area (Å²) in [7, 11) is 1.60. The van der Waals surface area contributed by atoms with Gasteiger partial charge < -0.3 is 10.1 Å². The van der Waals surface area contributed by atoms with Gasteiger partial charge in [0.1, 0.15) is 17.9 Å². The minimum atomic E-state index is -0.582. The summed E-state index contributed by atoms with van der Waals surface area (Å²) in [5, 5.41) is 11.8. The number of anilines is 3. The molecule has 24 heavy (non-hydrogen) atoms. The SMILES string of the molecule is COc1ccccc1-c1cc(Nc2ccc(NO)c(F)c2)ncn1. The first kappa shape index (κ1) is 15.7. The van der Waals surface area contributed by atoms with Gasteiger partial charge in [0.05, 0.1) is 18.5 Å². The van der Waals surface area contributed by atoms with E-state index in [1.165, 1.54) is 18.5 Å². The Morgan fingerprint density at radius 1 is 1.08 bits per heavy atom. The molecule has 0 aliphatic heterocycles. The number of methoxy groups -OCH3 is 1. The lowest BCUT2D eigenvalue weighted by molar-refractivity contribution is 0.384. The maximum Gasteiger partial charge on any atom is 0.150 e. The molecular weight excluding hydrogens is 311 g/mol. The molecule has 0 saturated heterocycles. The molecule has 0 atom stereocenters. The number of halogens is 1. The summed E-state index contributed by atoms with van der Waals surface area (Å²) >= 11 is 0. The summed E-state index contributed by atoms with van der Waals surface area (Å²) in [6.45, 7) is 0. The zero-order valence-corrected chi connectivity index (χ0v) is 12.8. The van der Waals surface area contributed by atoms with Crippen molar-refractivity contribution in [3.05, 3.63) is 60.7 Å². The highest BCUT2D eigenvalue weighted by Crippen LogP contribution is 2.29. The molecule has 0 fully saturated rings. The minimum absolute atomic E-state index is 0.00190. The highest BCUT2D eigenvalue weighted by Gasteiger charge is 2.08. The normalized spacial score (nSPS) is 10.3. The van der Waals surface area contributed by atoms with Crippen LogP contribution in [0.2, 0.25) is 0 Å². The number of hydrogen-bond donors (Lipinski definition) is 3. The van der Waals surface area contributed by atoms with Gasteiger partial charge in [-0.25, -0.2) is 14.4 Å². The third-order valence-electron chi connectivity index (χ3n) is 3.41. The number of benzene rings is 2. The second-order valence-corrected chi connectivity index (χ2v) is 4.92. The number of nitrogens with one attached hydrogen (secondary N) is 2. The summed E-state index contributed by atoms with van der Waals surface area (Å²) < 4.78 is 19.0. The number of aromatic nitrogens is 2. The molecule has 0 radical (unpaired) electrons. The Morgan fingerprint density at radius 3 is 2.67 bits per heavy atom. The Labute approximate surface area is 137 Å². The van der Waals surface area contributed by atoms with Crippen LogP contribution in [0.15, 0.2) is 54.9 Å². The summed E-state index contributed by atoms with van der Waals surface area (Å²) in [5.74, 6) is 0.628. The van der Waals surface area contributed by atoms with E-state index < -0.39 is 5.82 Å². The fourth-order valence-electron chi connectivity index (χ4n) is 2.26. The quantitative estimate of drug-likeness (QED) is 0.618. The van der Waals surface area contributed by atoms with E-state index in [2.05, 4.69) is 15.3 Å². The molecular formula is C17H15FN4O2. The average Bonchev–Trinajstić information content (AvgIpc) is 2.62. The predicted octanol–water partition coefficient (Wildman–Crippen LogP) is 3.84. The van der Waals surface area contributed by atoms with Crippen molar-refractivity contribution in [2.45, 2.75) is 0 Å². The summed E-state index contributed by atoms with van der Waals surface area (Å²) in [5.41, 5.74) is 3.79. The molecule has 0 saturated carbocycles. The van der Waals surface area contributed by atoms with E-state index in [9.17, 15) is 4.39 Å². The van der Waals surface area contributed by atoms with Crippen LogP contribution in [0, 0.1) is 5.82 Å². The summed E-state index contributed by atoms with van der Waals surface area (Å²) in [4.78, 5) is 8.39. The van der Waals surface area contributed by atoms with E-state index >= 15 is 0 Å². The number of para-hydroxylation sites is 1. The second-order valence-electron chi connectivity index (χ2n) is 4.92. The van der Waals surface area contributed by atoms with E-state index in [0.717, 1.165) is 5.56 Å². The molecule has 0 aliphatic rings. The third-order valence-corrected chi connectivity index (χ3v) is 3.41. The van der Waals surface area contributed by atoms with Crippen LogP contribution in [-0.4, -0.2) is 22.3 Å². The molecule has 0 unspecified atom stereocenters. The first-order valence-corrected chi connectivity index (χ1v) is 7.13. The van der Waals surface area contributed by atoms with Gasteiger partial charge >= 0.3 is 0 Å². The van der Waals surface area contributed by atoms with E-state index in [-0.39, 0.29) is 5.69 Å². The highest BCUT2D eigenvalue weighted by atomic mass is 19.1. The van der Waals surface area contributed by atoms with E-state index in [0.29, 0.717) is 22.9 Å². The van der Waals surface area contributed by atoms with E-state index in [1.807, 2.05) is 24.3 Å². The molecule has 0 spiro atoms. The monoisotopic (exact) mass is 326 g/mol. The fraction of sp³-hybridized carbons (Fsp3) is 0.0588. The van der Waals surface area contributed by atoms with Crippen molar-refractivity contribution in [2.24, 2.45) is 0 Å². The first-order chi connectivity index (χ1) is 11.7. The van der Waals surface area contributed by atoms with Gasteiger partial charge in [0.25, 0.3) is 0 Å². The van der Waals surface area contributed by atoms with Crippen LogP contribution in [0.4, 0.5) is 21.6 Å². The van der Waals surface area contributed by atoms with Crippen LogP contribution in [0.3, 0.4) is 0 Å². The predicted molar refractivity (Wildman–Crippen MR) is 89.1 cm³/mol. The van der Waals surface area contributed by atoms with Gasteiger partial charge in [-0.05, 0) is 30.3 Å². The highest BCUT2D eigenvalue weighted by molar-refractivity contribution is 5.70. The maximum atomic E-state index is 13.7. The molecule has 7 heteroatoms. The molecule has 3 aromatic rings. The molecule has 3 rings (SSSR count). The molecule has 2 aromatic carbocycles. The van der Waals surface area contributed by atoms with Gasteiger partial charge in [-0.15, -0.1) is 0 Å². The molecule has 1 aromatic heterocycles. The summed E-state index contributed by atoms with van der Waals surface area (Å²) in [6, 6.07) is 13.5. The van der Waals surface area contributed by atoms with Crippen molar-refractivity contribution in [1.82, 2.24) is 9.97 Å². The molecule has 0 bridgehead atoms. The third kappa shape index (κ3) is 3.26. The average molecular weight is 326 g/mol. The number of nitrogens with zero attached hydrogens (tertiary/aromatic N) is 2. The van der Waals surface area contributed by atoms with E-state index in [4.69, 9.17) is 9.94 Å². The lowest BCUT2D eigenvalue weighted by Gasteiger charge is -2.10. The van der Waals surface area contributed by atoms with Crippen molar-refractivity contribution < 1.29 is 14.3 Å². The Bertz CT molecular complexity index is 857. The topological polar surface area (TPSA) is 79.3 Å². The van der Waals surface area contributed by atoms with Gasteiger partial charge in [0.15, 0.2) is 5.82 Å². The van der Waals surface area contributed by atoms with Gasteiger partial charge in [-0.1, -0.05) is 12.1 Å². The summed E-state index contributed by atoms with van der Waals surface area (Å²) in [6.07, 6.45) is 1.42. The van der Waals surface area contributed by atoms with Gasteiger partial charge in [0.2, 0.25) is 0 Å². The molecule has 122 valence electrons. The zero-order chi connectivity index (χ0) is 16.9. The van der Waals surface area contributed by atoms with Crippen LogP contribution >= 0.6 is 0 Å². The van der Waals surface area contributed by atoms with Gasteiger partial charge in [-0.3, -0.25) is 10.7 Å². The lowest BCUT2D eigenvalue weighted by Crippen LogP contribution is -1.98. The molecule has 3 N–H and O–H groups in total. The van der Waals surface area contributed by atoms with Crippen molar-refractivity contribution in [1.29, 1.82) is 0 Å². The second kappa shape index (κ2) is 6.93. The van der Waals surface area contributed by atoms with Crippen LogP contribution in [0.1, 0.15) is 0 Å². The number of ether oxygens (including phenoxy) is 1. The van der Waals surface area contributed by atoms with E-state index in [1.54, 1.807) is 24.7 Å². The van der Waals surface area contributed by atoms with Gasteiger partial charge in [0, 0.05) is 17.3 Å². The van der Waals surface area contributed by atoms with Crippen LogP contribution in [0.25, 0.3) is 11.3 Å². The standard InChI is InChI=1S/C17H15FN4O2/c1-24-16-5-3-2-4-12(16)15-9-17(20-10-19-15)21-11-6-7-14(22-23)13(18)8-11/h2-10,22-23H,1H3,(H,19,20,21). The van der Waals surface area contributed by atoms with Crippen LogP contribution in [0.5, 0.6) is 5.75 Å². The Hall–Kier alpha value is -3.19. The minimum Gasteiger partial charge on any atom is -0.496 e.